The fraction of sp³-hybridized carbons (Fsp3) is 1.00. The number of rotatable bonds is 5. The van der Waals surface area contributed by atoms with Gasteiger partial charge in [-0.15, -0.1) is 0 Å². The number of likely N-dealkylation sites (tertiary alicyclic amines) is 1. The summed E-state index contributed by atoms with van der Waals surface area (Å²) < 4.78 is 39.8. The first-order valence-corrected chi connectivity index (χ1v) is 7.56. The van der Waals surface area contributed by atoms with Crippen LogP contribution in [0.1, 0.15) is 39.0 Å². The Kier molecular flexibility index (Phi) is 5.31. The van der Waals surface area contributed by atoms with E-state index in [0.717, 1.165) is 25.9 Å². The SMILES string of the molecule is C[C@H]1CNCC[C@@H]1N1CCC[C@]1(F)CCC(O)C(F)F. The molecule has 0 amide bonds. The van der Waals surface area contributed by atoms with Crippen LogP contribution in [0.5, 0.6) is 0 Å². The lowest BCUT2D eigenvalue weighted by Crippen LogP contribution is -2.54. The summed E-state index contributed by atoms with van der Waals surface area (Å²) in [5.74, 6) is -1.16. The Morgan fingerprint density at radius 2 is 2.20 bits per heavy atom. The fourth-order valence-electron chi connectivity index (χ4n) is 3.55. The maximum absolute atomic E-state index is 15.1. The molecule has 4 atom stereocenters. The van der Waals surface area contributed by atoms with Crippen molar-refractivity contribution in [1.82, 2.24) is 10.2 Å². The number of halogens is 3. The third kappa shape index (κ3) is 3.46. The minimum Gasteiger partial charge on any atom is -0.387 e. The molecule has 2 rings (SSSR count). The van der Waals surface area contributed by atoms with Gasteiger partial charge >= 0.3 is 0 Å². The highest BCUT2D eigenvalue weighted by atomic mass is 19.3. The summed E-state index contributed by atoms with van der Waals surface area (Å²) in [6.45, 7) is 4.54. The number of hydrogen-bond acceptors (Lipinski definition) is 3. The molecule has 2 N–H and O–H groups in total. The monoisotopic (exact) mass is 294 g/mol. The van der Waals surface area contributed by atoms with Crippen LogP contribution < -0.4 is 5.32 Å². The first-order chi connectivity index (χ1) is 9.44. The first-order valence-electron chi connectivity index (χ1n) is 7.56. The van der Waals surface area contributed by atoms with E-state index in [1.807, 2.05) is 4.90 Å². The van der Waals surface area contributed by atoms with Gasteiger partial charge in [-0.25, -0.2) is 13.2 Å². The zero-order valence-corrected chi connectivity index (χ0v) is 12.0. The number of aliphatic hydroxyl groups excluding tert-OH is 1. The molecule has 6 heteroatoms. The van der Waals surface area contributed by atoms with Crippen LogP contribution in [0.2, 0.25) is 0 Å². The topological polar surface area (TPSA) is 35.5 Å². The zero-order chi connectivity index (χ0) is 14.8. The van der Waals surface area contributed by atoms with Crippen molar-refractivity contribution in [1.29, 1.82) is 0 Å². The van der Waals surface area contributed by atoms with Crippen LogP contribution in [0.25, 0.3) is 0 Å². The van der Waals surface area contributed by atoms with Crippen molar-refractivity contribution in [2.75, 3.05) is 19.6 Å². The molecule has 2 aliphatic heterocycles. The van der Waals surface area contributed by atoms with E-state index in [2.05, 4.69) is 12.2 Å². The third-order valence-corrected chi connectivity index (χ3v) is 4.73. The van der Waals surface area contributed by atoms with Crippen LogP contribution in [0.3, 0.4) is 0 Å². The van der Waals surface area contributed by atoms with E-state index in [4.69, 9.17) is 0 Å². The Hall–Kier alpha value is -0.330. The van der Waals surface area contributed by atoms with Crippen molar-refractivity contribution in [3.63, 3.8) is 0 Å². The molecule has 0 bridgehead atoms. The van der Waals surface area contributed by atoms with E-state index in [-0.39, 0.29) is 18.9 Å². The van der Waals surface area contributed by atoms with Gasteiger partial charge in [0.2, 0.25) is 0 Å². The highest BCUT2D eigenvalue weighted by Gasteiger charge is 2.46. The largest absolute Gasteiger partial charge is 0.387 e. The maximum Gasteiger partial charge on any atom is 0.264 e. The summed E-state index contributed by atoms with van der Waals surface area (Å²) in [6.07, 6.45) is -2.64. The van der Waals surface area contributed by atoms with Crippen LogP contribution in [0.15, 0.2) is 0 Å². The molecule has 2 aliphatic rings. The highest BCUT2D eigenvalue weighted by Crippen LogP contribution is 2.39. The highest BCUT2D eigenvalue weighted by molar-refractivity contribution is 4.95. The van der Waals surface area contributed by atoms with Crippen molar-refractivity contribution in [3.05, 3.63) is 0 Å². The predicted molar refractivity (Wildman–Crippen MR) is 71.5 cm³/mol. The van der Waals surface area contributed by atoms with Gasteiger partial charge in [-0.3, -0.25) is 4.90 Å². The van der Waals surface area contributed by atoms with E-state index < -0.39 is 18.3 Å². The van der Waals surface area contributed by atoms with Crippen molar-refractivity contribution in [3.8, 4) is 0 Å². The van der Waals surface area contributed by atoms with Gasteiger partial charge in [0, 0.05) is 12.6 Å². The molecular weight excluding hydrogens is 269 g/mol. The molecule has 0 aromatic carbocycles. The Morgan fingerprint density at radius 3 is 2.85 bits per heavy atom. The van der Waals surface area contributed by atoms with Gasteiger partial charge in [0.1, 0.15) is 6.10 Å². The Labute approximate surface area is 118 Å². The van der Waals surface area contributed by atoms with E-state index >= 15 is 4.39 Å². The van der Waals surface area contributed by atoms with E-state index in [1.54, 1.807) is 0 Å². The van der Waals surface area contributed by atoms with Gasteiger partial charge in [0.25, 0.3) is 6.43 Å². The lowest BCUT2D eigenvalue weighted by Gasteiger charge is -2.43. The maximum atomic E-state index is 15.1. The van der Waals surface area contributed by atoms with Gasteiger partial charge in [-0.1, -0.05) is 6.92 Å². The molecule has 2 fully saturated rings. The number of hydrogen-bond donors (Lipinski definition) is 2. The second-order valence-corrected chi connectivity index (χ2v) is 6.19. The van der Waals surface area contributed by atoms with Crippen molar-refractivity contribution in [2.24, 2.45) is 5.92 Å². The number of alkyl halides is 3. The van der Waals surface area contributed by atoms with Crippen LogP contribution >= 0.6 is 0 Å². The van der Waals surface area contributed by atoms with Gasteiger partial charge < -0.3 is 10.4 Å². The second kappa shape index (κ2) is 6.62. The Balaban J connectivity index is 1.97. The average molecular weight is 294 g/mol. The number of nitrogens with one attached hydrogen (secondary N) is 1. The van der Waals surface area contributed by atoms with Crippen LogP contribution in [0, 0.1) is 5.92 Å². The number of aliphatic hydroxyl groups is 1. The summed E-state index contributed by atoms with van der Waals surface area (Å²) in [6, 6.07) is 0.174. The normalized spacial score (nSPS) is 37.5. The molecular formula is C14H25F3N2O. The quantitative estimate of drug-likeness (QED) is 0.763. The predicted octanol–water partition coefficient (Wildman–Crippen LogP) is 2.15. The Morgan fingerprint density at radius 1 is 1.45 bits per heavy atom. The molecule has 0 spiro atoms. The zero-order valence-electron chi connectivity index (χ0n) is 12.0. The molecule has 0 saturated carbocycles. The number of piperidine rings is 1. The van der Waals surface area contributed by atoms with Crippen LogP contribution in [0.4, 0.5) is 13.2 Å². The summed E-state index contributed by atoms with van der Waals surface area (Å²) in [5.41, 5.74) is 0. The molecule has 1 unspecified atom stereocenters. The lowest BCUT2D eigenvalue weighted by molar-refractivity contribution is -0.0746. The van der Waals surface area contributed by atoms with Crippen molar-refractivity contribution >= 4 is 0 Å². The smallest absolute Gasteiger partial charge is 0.264 e. The van der Waals surface area contributed by atoms with E-state index in [9.17, 15) is 13.9 Å². The average Bonchev–Trinajstić information content (AvgIpc) is 2.79. The third-order valence-electron chi connectivity index (χ3n) is 4.73. The molecule has 0 aromatic heterocycles. The van der Waals surface area contributed by atoms with Crippen LogP contribution in [-0.4, -0.2) is 54.0 Å². The summed E-state index contributed by atoms with van der Waals surface area (Å²) in [5, 5.41) is 12.5. The second-order valence-electron chi connectivity index (χ2n) is 6.19. The Bertz CT molecular complexity index is 319. The molecule has 20 heavy (non-hydrogen) atoms. The lowest BCUT2D eigenvalue weighted by atomic mass is 9.91. The molecule has 0 radical (unpaired) electrons. The molecule has 2 saturated heterocycles. The standard InChI is InChI=1S/C14H25F3N2O/c1-10-9-18-7-4-11(10)19-8-2-5-14(19,17)6-3-12(20)13(15)16/h10-13,18,20H,2-9H2,1H3/t10-,11-,12?,14+/m0/s1. The van der Waals surface area contributed by atoms with Crippen molar-refractivity contribution < 1.29 is 18.3 Å². The minimum absolute atomic E-state index is 0.00481. The molecule has 0 aromatic rings. The molecule has 118 valence electrons. The van der Waals surface area contributed by atoms with Crippen LogP contribution in [-0.2, 0) is 0 Å². The van der Waals surface area contributed by atoms with Crippen molar-refractivity contribution in [2.45, 2.75) is 63.4 Å². The summed E-state index contributed by atoms with van der Waals surface area (Å²) in [4.78, 5) is 1.87. The van der Waals surface area contributed by atoms with E-state index in [0.29, 0.717) is 18.9 Å². The molecule has 0 aliphatic carbocycles. The van der Waals surface area contributed by atoms with Gasteiger partial charge in [-0.2, -0.15) is 0 Å². The summed E-state index contributed by atoms with van der Waals surface area (Å²) in [7, 11) is 0. The molecule has 3 nitrogen and oxygen atoms in total. The minimum atomic E-state index is -2.79. The van der Waals surface area contributed by atoms with Gasteiger partial charge in [-0.05, 0) is 51.1 Å². The number of nitrogens with zero attached hydrogens (tertiary/aromatic N) is 1. The first kappa shape index (κ1) is 16.0. The summed E-state index contributed by atoms with van der Waals surface area (Å²) >= 11 is 0. The molecule has 2 heterocycles. The van der Waals surface area contributed by atoms with Gasteiger partial charge in [0.05, 0.1) is 0 Å². The van der Waals surface area contributed by atoms with E-state index in [1.165, 1.54) is 0 Å². The fourth-order valence-corrected chi connectivity index (χ4v) is 3.55. The van der Waals surface area contributed by atoms with Gasteiger partial charge in [0.15, 0.2) is 5.79 Å².